The van der Waals surface area contributed by atoms with Crippen LogP contribution >= 0.6 is 0 Å². The topological polar surface area (TPSA) is 135 Å². The smallest absolute Gasteiger partial charge is 0.404 e. The number of amides is 1. The average molecular weight is 574 g/mol. The van der Waals surface area contributed by atoms with Crippen molar-refractivity contribution in [3.8, 4) is 34.6 Å². The summed E-state index contributed by atoms with van der Waals surface area (Å²) in [4.78, 5) is 34.7. The molecular formula is C25H15F5N6O5. The minimum absolute atomic E-state index is 0.0308. The quantitative estimate of drug-likeness (QED) is 0.341. The van der Waals surface area contributed by atoms with Crippen LogP contribution in [0.5, 0.6) is 17.2 Å². The number of carbonyl (C=O) groups is 1. The third kappa shape index (κ3) is 4.97. The minimum atomic E-state index is -5.03. The number of fused-ring (bicyclic) bond motifs is 2. The van der Waals surface area contributed by atoms with Crippen LogP contribution in [0.15, 0.2) is 47.5 Å². The van der Waals surface area contributed by atoms with E-state index < -0.39 is 42.0 Å². The number of ether oxygens (including phenoxy) is 3. The highest BCUT2D eigenvalue weighted by atomic mass is 19.4. The van der Waals surface area contributed by atoms with E-state index in [1.54, 1.807) is 6.07 Å². The van der Waals surface area contributed by atoms with Crippen LogP contribution in [-0.4, -0.2) is 44.4 Å². The van der Waals surface area contributed by atoms with E-state index in [0.29, 0.717) is 12.8 Å². The molecule has 1 fully saturated rings. The second kappa shape index (κ2) is 9.18. The Kier molecular flexibility index (Phi) is 5.83. The molecule has 1 aliphatic heterocycles. The number of anilines is 1. The second-order valence-electron chi connectivity index (χ2n) is 9.10. The molecule has 6 rings (SSSR count). The van der Waals surface area contributed by atoms with E-state index in [4.69, 9.17) is 0 Å². The lowest BCUT2D eigenvalue weighted by molar-refractivity contribution is -0.286. The van der Waals surface area contributed by atoms with E-state index in [-0.39, 0.29) is 45.5 Å². The number of imidazole rings is 1. The molecule has 41 heavy (non-hydrogen) atoms. The third-order valence-electron chi connectivity index (χ3n) is 6.26. The molecule has 16 heteroatoms. The van der Waals surface area contributed by atoms with E-state index in [0.717, 1.165) is 16.8 Å². The van der Waals surface area contributed by atoms with Gasteiger partial charge in [0.15, 0.2) is 17.0 Å². The number of hydrogen-bond donors (Lipinski definition) is 1. The zero-order chi connectivity index (χ0) is 29.1. The Hall–Kier alpha value is -5.20. The van der Waals surface area contributed by atoms with Gasteiger partial charge in [0.05, 0.1) is 17.4 Å². The molecule has 0 radical (unpaired) electrons. The number of nitriles is 1. The molecule has 1 saturated carbocycles. The van der Waals surface area contributed by atoms with Crippen molar-refractivity contribution in [2.24, 2.45) is 0 Å². The minimum Gasteiger partial charge on any atom is -0.404 e. The zero-order valence-electron chi connectivity index (χ0n) is 20.4. The highest BCUT2D eigenvalue weighted by molar-refractivity contribution is 5.95. The number of nitrogens with zero attached hydrogens (tertiary/aromatic N) is 5. The number of halogens is 5. The number of aromatic nitrogens is 4. The first kappa shape index (κ1) is 26.0. The number of carbonyl (C=O) groups excluding carboxylic acids is 1. The Morgan fingerprint density at radius 3 is 2.66 bits per heavy atom. The molecule has 210 valence electrons. The summed E-state index contributed by atoms with van der Waals surface area (Å²) in [5.41, 5.74) is -0.757. The normalized spacial score (nSPS) is 15.5. The van der Waals surface area contributed by atoms with Crippen molar-refractivity contribution < 1.29 is 41.0 Å². The predicted molar refractivity (Wildman–Crippen MR) is 128 cm³/mol. The fraction of sp³-hybridized carbons (Fsp3) is 0.240. The summed E-state index contributed by atoms with van der Waals surface area (Å²) in [6.07, 6.45) is -6.40. The highest BCUT2D eigenvalue weighted by Gasteiger charge is 2.44. The molecule has 2 aliphatic rings. The Balaban J connectivity index is 1.36. The average Bonchev–Trinajstić information content (AvgIpc) is 3.49. The van der Waals surface area contributed by atoms with Crippen LogP contribution in [0.4, 0.5) is 27.6 Å². The van der Waals surface area contributed by atoms with E-state index >= 15 is 0 Å². The van der Waals surface area contributed by atoms with Gasteiger partial charge in [-0.2, -0.15) is 10.4 Å². The first-order valence-electron chi connectivity index (χ1n) is 11.9. The lowest BCUT2D eigenvalue weighted by Crippen LogP contribution is -2.39. The van der Waals surface area contributed by atoms with Gasteiger partial charge in [-0.1, -0.05) is 0 Å². The molecule has 0 saturated heterocycles. The van der Waals surface area contributed by atoms with Gasteiger partial charge in [-0.15, -0.1) is 22.0 Å². The van der Waals surface area contributed by atoms with Crippen molar-refractivity contribution in [3.63, 3.8) is 0 Å². The molecule has 0 unspecified atom stereocenters. The monoisotopic (exact) mass is 574 g/mol. The van der Waals surface area contributed by atoms with Crippen LogP contribution in [-0.2, 0) is 11.3 Å². The molecule has 0 atom stereocenters. The van der Waals surface area contributed by atoms with Gasteiger partial charge in [0.25, 0.3) is 5.56 Å². The van der Waals surface area contributed by atoms with Crippen LogP contribution in [0, 0.1) is 11.3 Å². The van der Waals surface area contributed by atoms with E-state index in [9.17, 15) is 36.8 Å². The highest BCUT2D eigenvalue weighted by Crippen LogP contribution is 2.44. The molecule has 0 bridgehead atoms. The number of H-pyrrole nitrogens is 1. The van der Waals surface area contributed by atoms with Gasteiger partial charge in [0.1, 0.15) is 24.1 Å². The molecule has 1 aliphatic carbocycles. The van der Waals surface area contributed by atoms with Crippen molar-refractivity contribution in [2.75, 3.05) is 4.90 Å². The number of nitrogens with one attached hydrogen (secondary N) is 1. The molecule has 4 aromatic rings. The molecule has 1 amide bonds. The predicted octanol–water partition coefficient (Wildman–Crippen LogP) is 4.07. The lowest BCUT2D eigenvalue weighted by atomic mass is 10.1. The molecule has 2 aromatic heterocycles. The van der Waals surface area contributed by atoms with Gasteiger partial charge in [0.2, 0.25) is 5.91 Å². The number of aromatic amines is 1. The van der Waals surface area contributed by atoms with Crippen LogP contribution in [0.1, 0.15) is 18.4 Å². The first-order valence-corrected chi connectivity index (χ1v) is 11.9. The van der Waals surface area contributed by atoms with E-state index in [1.165, 1.54) is 35.5 Å². The summed E-state index contributed by atoms with van der Waals surface area (Å²) in [5, 5.41) is 13.7. The summed E-state index contributed by atoms with van der Waals surface area (Å²) in [7, 11) is 0. The van der Waals surface area contributed by atoms with Crippen molar-refractivity contribution >= 4 is 22.6 Å². The zero-order valence-corrected chi connectivity index (χ0v) is 20.4. The standard InChI is InChI=1S/C25H15F5N6O5/c26-24(27,28)39-16-5-1-12(7-13(16)9-31)20-21-22(33-11-32-21)23(38)35(34-20)10-19(37)36(14-2-3-14)15-4-6-17-18(8-15)41-25(29,30)40-17/h1,4-8,11,14H,2-3,10H2,(H,32,33). The fourth-order valence-corrected chi connectivity index (χ4v) is 4.45. The summed E-state index contributed by atoms with van der Waals surface area (Å²) in [6.45, 7) is -0.587. The Labute approximate surface area is 225 Å². The summed E-state index contributed by atoms with van der Waals surface area (Å²) < 4.78 is 78.8. The maximum Gasteiger partial charge on any atom is 0.586 e. The Morgan fingerprint density at radius 2 is 1.95 bits per heavy atom. The van der Waals surface area contributed by atoms with Crippen molar-refractivity contribution in [1.29, 1.82) is 5.26 Å². The SMILES string of the molecule is N#Cc1cc(-c2nn(CC(=O)N(c3ccc4c(c3)OC(F)(F)O4)C3CC3)c(=O)c3nc[nH]c23)ccc1OC(F)(F)F. The fourth-order valence-electron chi connectivity index (χ4n) is 4.45. The Bertz CT molecular complexity index is 1810. The van der Waals surface area contributed by atoms with Gasteiger partial charge in [0, 0.05) is 23.4 Å². The van der Waals surface area contributed by atoms with Gasteiger partial charge >= 0.3 is 12.7 Å². The number of benzene rings is 2. The Morgan fingerprint density at radius 1 is 1.20 bits per heavy atom. The lowest BCUT2D eigenvalue weighted by Gasteiger charge is -2.23. The maximum absolute atomic E-state index is 13.5. The van der Waals surface area contributed by atoms with E-state index in [2.05, 4.69) is 29.3 Å². The van der Waals surface area contributed by atoms with Crippen molar-refractivity contribution in [2.45, 2.75) is 38.1 Å². The van der Waals surface area contributed by atoms with Gasteiger partial charge in [-0.05, 0) is 43.2 Å². The van der Waals surface area contributed by atoms with Gasteiger partial charge in [-0.25, -0.2) is 9.67 Å². The van der Waals surface area contributed by atoms with Gasteiger partial charge in [-0.3, -0.25) is 9.59 Å². The number of rotatable bonds is 6. The summed E-state index contributed by atoms with van der Waals surface area (Å²) >= 11 is 0. The molecular weight excluding hydrogens is 559 g/mol. The van der Waals surface area contributed by atoms with Crippen molar-refractivity contribution in [3.05, 3.63) is 58.6 Å². The van der Waals surface area contributed by atoms with Crippen LogP contribution in [0.25, 0.3) is 22.3 Å². The second-order valence-corrected chi connectivity index (χ2v) is 9.10. The van der Waals surface area contributed by atoms with Crippen molar-refractivity contribution in [1.82, 2.24) is 19.7 Å². The first-order chi connectivity index (χ1) is 19.4. The van der Waals surface area contributed by atoms with Crippen LogP contribution in [0.3, 0.4) is 0 Å². The van der Waals surface area contributed by atoms with Crippen LogP contribution in [0.2, 0.25) is 0 Å². The number of hydrogen-bond acceptors (Lipinski definition) is 8. The number of alkyl halides is 5. The molecule has 1 N–H and O–H groups in total. The molecule has 3 heterocycles. The summed E-state index contributed by atoms with van der Waals surface area (Å²) in [5.74, 6) is -1.78. The largest absolute Gasteiger partial charge is 0.586 e. The third-order valence-corrected chi connectivity index (χ3v) is 6.26. The maximum atomic E-state index is 13.5. The molecule has 2 aromatic carbocycles. The molecule has 11 nitrogen and oxygen atoms in total. The molecule has 0 spiro atoms. The van der Waals surface area contributed by atoms with Crippen LogP contribution < -0.4 is 24.7 Å². The van der Waals surface area contributed by atoms with E-state index in [1.807, 2.05) is 0 Å². The summed E-state index contributed by atoms with van der Waals surface area (Å²) in [6, 6.07) is 8.50. The van der Waals surface area contributed by atoms with Gasteiger partial charge < -0.3 is 24.1 Å².